The average molecular weight is 443 g/mol. The molecule has 2 nitrogen and oxygen atoms in total. The molecule has 174 valence electrons. The maximum atomic E-state index is 6.64. The maximum Gasteiger partial charge on any atom is 0.398 e. The zero-order valence-electron chi connectivity index (χ0n) is 20.5. The molecular weight excluding hydrogens is 396 g/mol. The summed E-state index contributed by atoms with van der Waals surface area (Å²) < 4.78 is 13.1. The van der Waals surface area contributed by atoms with Gasteiger partial charge in [-0.2, -0.15) is 0 Å². The summed E-state index contributed by atoms with van der Waals surface area (Å²) in [5.41, 5.74) is 0. The van der Waals surface area contributed by atoms with Gasteiger partial charge in [-0.3, -0.25) is 0 Å². The topological polar surface area (TPSA) is 18.5 Å². The van der Waals surface area contributed by atoms with Gasteiger partial charge in [0.2, 0.25) is 0 Å². The van der Waals surface area contributed by atoms with Gasteiger partial charge in [-0.1, -0.05) is 128 Å². The minimum atomic E-state index is -2.20. The first-order chi connectivity index (χ1) is 15.2. The third-order valence-corrected chi connectivity index (χ3v) is 9.96. The second-order valence-corrected chi connectivity index (χ2v) is 12.7. The third kappa shape index (κ3) is 9.37. The molecule has 0 bridgehead atoms. The molecule has 0 atom stereocenters. The normalized spacial score (nSPS) is 11.8. The van der Waals surface area contributed by atoms with Crippen molar-refractivity contribution >= 4 is 19.3 Å². The van der Waals surface area contributed by atoms with Crippen LogP contribution in [0.5, 0.6) is 5.75 Å². The Labute approximate surface area is 193 Å². The van der Waals surface area contributed by atoms with Crippen molar-refractivity contribution in [1.82, 2.24) is 0 Å². The molecule has 0 N–H and O–H groups in total. The van der Waals surface area contributed by atoms with E-state index >= 15 is 0 Å². The van der Waals surface area contributed by atoms with E-state index < -0.39 is 8.56 Å². The largest absolute Gasteiger partial charge is 0.520 e. The van der Waals surface area contributed by atoms with Crippen LogP contribution in [0.25, 0.3) is 10.8 Å². The molecule has 0 saturated carbocycles. The van der Waals surface area contributed by atoms with E-state index in [2.05, 4.69) is 63.2 Å². The molecule has 0 unspecified atom stereocenters. The number of hydrogen-bond donors (Lipinski definition) is 0. The zero-order chi connectivity index (χ0) is 22.2. The van der Waals surface area contributed by atoms with Crippen molar-refractivity contribution in [2.75, 3.05) is 6.61 Å². The van der Waals surface area contributed by atoms with Crippen molar-refractivity contribution in [3.8, 4) is 5.75 Å². The van der Waals surface area contributed by atoms with Gasteiger partial charge >= 0.3 is 8.56 Å². The Morgan fingerprint density at radius 2 is 1.16 bits per heavy atom. The van der Waals surface area contributed by atoms with Crippen LogP contribution < -0.4 is 4.43 Å². The summed E-state index contributed by atoms with van der Waals surface area (Å²) in [7, 11) is -2.20. The number of benzene rings is 2. The first-order valence-corrected chi connectivity index (χ1v) is 15.3. The van der Waals surface area contributed by atoms with E-state index in [-0.39, 0.29) is 0 Å². The third-order valence-electron chi connectivity index (χ3n) is 6.49. The summed E-state index contributed by atoms with van der Waals surface area (Å²) in [6.07, 6.45) is 16.5. The summed E-state index contributed by atoms with van der Waals surface area (Å²) in [6, 6.07) is 16.8. The minimum Gasteiger partial charge on any atom is -0.520 e. The van der Waals surface area contributed by atoms with Gasteiger partial charge < -0.3 is 8.85 Å². The molecule has 0 amide bonds. The highest BCUT2D eigenvalue weighted by Gasteiger charge is 2.36. The highest BCUT2D eigenvalue weighted by Crippen LogP contribution is 2.30. The fourth-order valence-corrected chi connectivity index (χ4v) is 6.67. The van der Waals surface area contributed by atoms with Crippen LogP contribution in [-0.2, 0) is 4.43 Å². The molecule has 0 spiro atoms. The quantitative estimate of drug-likeness (QED) is 0.169. The predicted octanol–water partition coefficient (Wildman–Crippen LogP) is 9.42. The number of rotatable bonds is 18. The second kappa shape index (κ2) is 15.5. The van der Waals surface area contributed by atoms with Crippen molar-refractivity contribution in [3.05, 3.63) is 42.5 Å². The van der Waals surface area contributed by atoms with Crippen molar-refractivity contribution in [2.24, 2.45) is 0 Å². The van der Waals surface area contributed by atoms with Crippen LogP contribution in [0.1, 0.15) is 97.8 Å². The van der Waals surface area contributed by atoms with Crippen LogP contribution >= 0.6 is 0 Å². The smallest absolute Gasteiger partial charge is 0.398 e. The van der Waals surface area contributed by atoms with Crippen molar-refractivity contribution < 1.29 is 8.85 Å². The van der Waals surface area contributed by atoms with Crippen LogP contribution in [0, 0.1) is 0 Å². The lowest BCUT2D eigenvalue weighted by molar-refractivity contribution is 0.231. The fourth-order valence-electron chi connectivity index (χ4n) is 4.31. The van der Waals surface area contributed by atoms with E-state index in [1.54, 1.807) is 0 Å². The SMILES string of the molecule is CCCCCCCCCCCCCCO[Si](CC)(CC)Oc1cccc2ccccc12. The van der Waals surface area contributed by atoms with Crippen LogP contribution in [-0.4, -0.2) is 15.2 Å². The molecule has 0 aliphatic carbocycles. The lowest BCUT2D eigenvalue weighted by atomic mass is 10.1. The molecule has 2 rings (SSSR count). The molecule has 0 radical (unpaired) electrons. The lowest BCUT2D eigenvalue weighted by Gasteiger charge is -2.30. The Bertz CT molecular complexity index is 706. The summed E-state index contributed by atoms with van der Waals surface area (Å²) in [5.74, 6) is 0.989. The molecule has 31 heavy (non-hydrogen) atoms. The molecule has 0 aromatic heterocycles. The van der Waals surface area contributed by atoms with E-state index in [9.17, 15) is 0 Å². The zero-order valence-corrected chi connectivity index (χ0v) is 21.5. The van der Waals surface area contributed by atoms with Gasteiger partial charge in [0.25, 0.3) is 0 Å². The van der Waals surface area contributed by atoms with Gasteiger partial charge in [-0.15, -0.1) is 0 Å². The lowest BCUT2D eigenvalue weighted by Crippen LogP contribution is -2.44. The van der Waals surface area contributed by atoms with Crippen LogP contribution in [0.2, 0.25) is 12.1 Å². The van der Waals surface area contributed by atoms with Crippen molar-refractivity contribution in [3.63, 3.8) is 0 Å². The van der Waals surface area contributed by atoms with E-state index in [0.717, 1.165) is 30.9 Å². The summed E-state index contributed by atoms with van der Waals surface area (Å²) >= 11 is 0. The Hall–Kier alpha value is -1.32. The molecular formula is C28H46O2Si. The monoisotopic (exact) mass is 442 g/mol. The van der Waals surface area contributed by atoms with E-state index in [1.165, 1.54) is 81.4 Å². The second-order valence-electron chi connectivity index (χ2n) is 8.93. The van der Waals surface area contributed by atoms with E-state index in [4.69, 9.17) is 8.85 Å². The maximum absolute atomic E-state index is 6.64. The molecule has 0 fully saturated rings. The Balaban J connectivity index is 1.65. The highest BCUT2D eigenvalue weighted by atomic mass is 28.4. The predicted molar refractivity (Wildman–Crippen MR) is 138 cm³/mol. The Kier molecular flexibility index (Phi) is 12.9. The molecule has 2 aromatic carbocycles. The van der Waals surface area contributed by atoms with Crippen LogP contribution in [0.15, 0.2) is 42.5 Å². The van der Waals surface area contributed by atoms with E-state index in [1.807, 2.05) is 0 Å². The average Bonchev–Trinajstić information content (AvgIpc) is 2.81. The number of fused-ring (bicyclic) bond motifs is 1. The van der Waals surface area contributed by atoms with Gasteiger partial charge in [0.05, 0.1) is 0 Å². The van der Waals surface area contributed by atoms with Gasteiger partial charge in [0.15, 0.2) is 0 Å². The molecule has 0 aliphatic rings. The standard InChI is InChI=1S/C28H46O2Si/c1-4-7-8-9-10-11-12-13-14-15-16-19-25-29-31(5-2,6-3)30-28-24-20-22-26-21-17-18-23-27(26)28/h17-18,20-24H,4-16,19,25H2,1-3H3. The fraction of sp³-hybridized carbons (Fsp3) is 0.643. The van der Waals surface area contributed by atoms with Crippen LogP contribution in [0.4, 0.5) is 0 Å². The first-order valence-electron chi connectivity index (χ1n) is 13.1. The van der Waals surface area contributed by atoms with Gasteiger partial charge in [0, 0.05) is 12.0 Å². The van der Waals surface area contributed by atoms with Gasteiger partial charge in [-0.05, 0) is 30.0 Å². The van der Waals surface area contributed by atoms with Crippen molar-refractivity contribution in [1.29, 1.82) is 0 Å². The van der Waals surface area contributed by atoms with E-state index in [0.29, 0.717) is 0 Å². The first kappa shape index (κ1) is 25.9. The molecule has 0 heterocycles. The summed E-state index contributed by atoms with van der Waals surface area (Å²) in [6.45, 7) is 7.58. The molecule has 3 heteroatoms. The Morgan fingerprint density at radius 1 is 0.613 bits per heavy atom. The molecule has 0 saturated heterocycles. The van der Waals surface area contributed by atoms with Crippen molar-refractivity contribution in [2.45, 2.75) is 110 Å². The van der Waals surface area contributed by atoms with Gasteiger partial charge in [-0.25, -0.2) is 0 Å². The minimum absolute atomic E-state index is 0.843. The molecule has 2 aromatic rings. The Morgan fingerprint density at radius 3 is 1.77 bits per heavy atom. The summed E-state index contributed by atoms with van der Waals surface area (Å²) in [5, 5.41) is 2.42. The molecule has 0 aliphatic heterocycles. The van der Waals surface area contributed by atoms with Gasteiger partial charge in [0.1, 0.15) is 5.75 Å². The van der Waals surface area contributed by atoms with Crippen LogP contribution in [0.3, 0.4) is 0 Å². The number of hydrogen-bond acceptors (Lipinski definition) is 2. The number of unbranched alkanes of at least 4 members (excludes halogenated alkanes) is 11. The highest BCUT2D eigenvalue weighted by molar-refractivity contribution is 6.68. The summed E-state index contributed by atoms with van der Waals surface area (Å²) in [4.78, 5) is 0.